The summed E-state index contributed by atoms with van der Waals surface area (Å²) in [4.78, 5) is 24.4. The molecule has 0 heterocycles. The summed E-state index contributed by atoms with van der Waals surface area (Å²) in [7, 11) is 0. The molecule has 4 nitrogen and oxygen atoms in total. The van der Waals surface area contributed by atoms with Gasteiger partial charge >= 0.3 is 12.1 Å². The van der Waals surface area contributed by atoms with Crippen molar-refractivity contribution in [1.82, 2.24) is 5.32 Å². The average Bonchev–Trinajstić information content (AvgIpc) is 2.63. The molecule has 2 aromatic carbocycles. The summed E-state index contributed by atoms with van der Waals surface area (Å²) in [6.45, 7) is -0.0912. The maximum atomic E-state index is 12.5. The van der Waals surface area contributed by atoms with Gasteiger partial charge in [-0.1, -0.05) is 18.2 Å². The van der Waals surface area contributed by atoms with Gasteiger partial charge in [-0.3, -0.25) is 4.79 Å². The zero-order chi connectivity index (χ0) is 19.0. The van der Waals surface area contributed by atoms with Gasteiger partial charge in [0.05, 0.1) is 11.1 Å². The number of esters is 1. The van der Waals surface area contributed by atoms with Crippen molar-refractivity contribution in [2.75, 3.05) is 18.9 Å². The van der Waals surface area contributed by atoms with Gasteiger partial charge in [-0.2, -0.15) is 13.2 Å². The van der Waals surface area contributed by atoms with E-state index in [2.05, 4.69) is 5.32 Å². The fraction of sp³-hybridized carbons (Fsp3) is 0.222. The van der Waals surface area contributed by atoms with Crippen LogP contribution in [0.25, 0.3) is 0 Å². The summed E-state index contributed by atoms with van der Waals surface area (Å²) >= 11 is 1.57. The number of thioether (sulfide) groups is 1. The number of benzene rings is 2. The van der Waals surface area contributed by atoms with Gasteiger partial charge in [0.25, 0.3) is 5.91 Å². The third kappa shape index (κ3) is 6.44. The first-order chi connectivity index (χ1) is 12.4. The van der Waals surface area contributed by atoms with Crippen molar-refractivity contribution in [2.45, 2.75) is 11.1 Å². The molecule has 0 aromatic heterocycles. The largest absolute Gasteiger partial charge is 0.452 e. The summed E-state index contributed by atoms with van der Waals surface area (Å²) in [5.41, 5.74) is -0.909. The first-order valence-electron chi connectivity index (χ1n) is 7.65. The van der Waals surface area contributed by atoms with Crippen molar-refractivity contribution in [3.05, 3.63) is 65.7 Å². The lowest BCUT2D eigenvalue weighted by Gasteiger charge is -2.08. The van der Waals surface area contributed by atoms with E-state index in [1.165, 1.54) is 0 Å². The van der Waals surface area contributed by atoms with E-state index < -0.39 is 30.2 Å². The van der Waals surface area contributed by atoms with E-state index in [4.69, 9.17) is 4.74 Å². The van der Waals surface area contributed by atoms with Gasteiger partial charge in [-0.15, -0.1) is 11.8 Å². The van der Waals surface area contributed by atoms with Gasteiger partial charge in [-0.25, -0.2) is 4.79 Å². The fourth-order valence-corrected chi connectivity index (χ4v) is 2.73. The Bertz CT molecular complexity index is 734. The molecule has 1 N–H and O–H groups in total. The zero-order valence-corrected chi connectivity index (χ0v) is 14.4. The number of carbonyl (C=O) groups excluding carboxylic acids is 2. The van der Waals surface area contributed by atoms with Gasteiger partial charge in [0.1, 0.15) is 0 Å². The summed E-state index contributed by atoms with van der Waals surface area (Å²) in [5.74, 6) is -0.672. The van der Waals surface area contributed by atoms with E-state index in [0.29, 0.717) is 12.3 Å². The lowest BCUT2D eigenvalue weighted by molar-refractivity contribution is -0.137. The molecule has 0 spiro atoms. The van der Waals surface area contributed by atoms with E-state index in [-0.39, 0.29) is 5.56 Å². The molecule has 8 heteroatoms. The molecule has 2 aromatic rings. The Morgan fingerprint density at radius 3 is 2.27 bits per heavy atom. The number of rotatable bonds is 7. The van der Waals surface area contributed by atoms with E-state index in [0.717, 1.165) is 29.2 Å². The summed E-state index contributed by atoms with van der Waals surface area (Å²) < 4.78 is 42.2. The van der Waals surface area contributed by atoms with Gasteiger partial charge < -0.3 is 10.1 Å². The number of hydrogen-bond acceptors (Lipinski definition) is 4. The first kappa shape index (κ1) is 19.8. The molecule has 26 heavy (non-hydrogen) atoms. The molecule has 0 aliphatic heterocycles. The highest BCUT2D eigenvalue weighted by Crippen LogP contribution is 2.29. The van der Waals surface area contributed by atoms with Crippen LogP contribution < -0.4 is 5.32 Å². The molecule has 0 aliphatic rings. The quantitative estimate of drug-likeness (QED) is 0.449. The third-order valence-electron chi connectivity index (χ3n) is 3.22. The predicted molar refractivity (Wildman–Crippen MR) is 91.9 cm³/mol. The van der Waals surface area contributed by atoms with Crippen molar-refractivity contribution in [3.8, 4) is 0 Å². The van der Waals surface area contributed by atoms with Gasteiger partial charge in [0.15, 0.2) is 6.61 Å². The molecule has 1 amide bonds. The second-order valence-corrected chi connectivity index (χ2v) is 6.33. The molecule has 2 rings (SSSR count). The van der Waals surface area contributed by atoms with Crippen molar-refractivity contribution in [2.24, 2.45) is 0 Å². The van der Waals surface area contributed by atoms with Crippen molar-refractivity contribution in [3.63, 3.8) is 0 Å². The Morgan fingerprint density at radius 1 is 1.00 bits per heavy atom. The molecule has 0 saturated heterocycles. The number of ether oxygens (including phenoxy) is 1. The average molecular weight is 383 g/mol. The van der Waals surface area contributed by atoms with Crippen LogP contribution in [0.1, 0.15) is 15.9 Å². The van der Waals surface area contributed by atoms with Crippen LogP contribution in [0, 0.1) is 0 Å². The number of nitrogens with one attached hydrogen (secondary N) is 1. The smallest absolute Gasteiger partial charge is 0.416 e. The molecule has 0 unspecified atom stereocenters. The highest BCUT2D eigenvalue weighted by molar-refractivity contribution is 7.99. The minimum absolute atomic E-state index is 0.0505. The molecule has 0 radical (unpaired) electrons. The van der Waals surface area contributed by atoms with Gasteiger partial charge in [0, 0.05) is 17.2 Å². The molecule has 0 bridgehead atoms. The van der Waals surface area contributed by atoms with E-state index in [9.17, 15) is 22.8 Å². The number of halogens is 3. The predicted octanol–water partition coefficient (Wildman–Crippen LogP) is 3.77. The van der Waals surface area contributed by atoms with E-state index in [1.807, 2.05) is 30.3 Å². The zero-order valence-electron chi connectivity index (χ0n) is 13.6. The van der Waals surface area contributed by atoms with Crippen molar-refractivity contribution < 1.29 is 27.5 Å². The second-order valence-electron chi connectivity index (χ2n) is 5.16. The van der Waals surface area contributed by atoms with E-state index >= 15 is 0 Å². The number of amides is 1. The summed E-state index contributed by atoms with van der Waals surface area (Å²) in [6, 6.07) is 13.3. The Kier molecular flexibility index (Phi) is 7.08. The molecule has 0 atom stereocenters. The first-order valence-corrected chi connectivity index (χ1v) is 8.64. The van der Waals surface area contributed by atoms with Crippen LogP contribution in [0.4, 0.5) is 13.2 Å². The monoisotopic (exact) mass is 383 g/mol. The van der Waals surface area contributed by atoms with Crippen LogP contribution in [0.15, 0.2) is 59.5 Å². The molecular formula is C18H16F3NO3S. The maximum Gasteiger partial charge on any atom is 0.416 e. The Hall–Kier alpha value is -2.48. The van der Waals surface area contributed by atoms with Crippen LogP contribution >= 0.6 is 11.8 Å². The van der Waals surface area contributed by atoms with Crippen LogP contribution in [-0.2, 0) is 15.7 Å². The normalized spacial score (nSPS) is 11.0. The van der Waals surface area contributed by atoms with E-state index in [1.54, 1.807) is 11.8 Å². The van der Waals surface area contributed by atoms with Crippen LogP contribution in [0.3, 0.4) is 0 Å². The van der Waals surface area contributed by atoms with Crippen LogP contribution in [0.2, 0.25) is 0 Å². The summed E-state index contributed by atoms with van der Waals surface area (Å²) in [6.07, 6.45) is -4.47. The van der Waals surface area contributed by atoms with Gasteiger partial charge in [-0.05, 0) is 36.4 Å². The topological polar surface area (TPSA) is 55.4 Å². The van der Waals surface area contributed by atoms with Crippen molar-refractivity contribution >= 4 is 23.6 Å². The Morgan fingerprint density at radius 2 is 1.65 bits per heavy atom. The second kappa shape index (κ2) is 9.28. The minimum atomic E-state index is -4.47. The Labute approximate surface area is 152 Å². The number of hydrogen-bond donors (Lipinski definition) is 1. The Balaban J connectivity index is 1.69. The lowest BCUT2D eigenvalue weighted by Crippen LogP contribution is -2.30. The SMILES string of the molecule is O=C(COC(=O)c1ccc(C(F)(F)F)cc1)NCCSc1ccccc1. The highest BCUT2D eigenvalue weighted by Gasteiger charge is 2.30. The molecule has 0 fully saturated rings. The standard InChI is InChI=1S/C18H16F3NO3S/c19-18(20,21)14-8-6-13(7-9-14)17(24)25-12-16(23)22-10-11-26-15-4-2-1-3-5-15/h1-9H,10-12H2,(H,22,23). The molecule has 0 saturated carbocycles. The molecule has 138 valence electrons. The van der Waals surface area contributed by atoms with Gasteiger partial charge in [0.2, 0.25) is 0 Å². The van der Waals surface area contributed by atoms with Crippen LogP contribution in [0.5, 0.6) is 0 Å². The molecule has 0 aliphatic carbocycles. The minimum Gasteiger partial charge on any atom is -0.452 e. The maximum absolute atomic E-state index is 12.5. The highest BCUT2D eigenvalue weighted by atomic mass is 32.2. The molecular weight excluding hydrogens is 367 g/mol. The summed E-state index contributed by atoms with van der Waals surface area (Å²) in [5, 5.41) is 2.60. The fourth-order valence-electron chi connectivity index (χ4n) is 1.94. The van der Waals surface area contributed by atoms with Crippen LogP contribution in [-0.4, -0.2) is 30.8 Å². The van der Waals surface area contributed by atoms with Crippen molar-refractivity contribution in [1.29, 1.82) is 0 Å². The number of alkyl halides is 3. The number of carbonyl (C=O) groups is 2. The third-order valence-corrected chi connectivity index (χ3v) is 4.23. The lowest BCUT2D eigenvalue weighted by atomic mass is 10.1.